The van der Waals surface area contributed by atoms with E-state index in [0.29, 0.717) is 41.4 Å². The molecule has 4 saturated carbocycles. The maximum absolute atomic E-state index is 11.7. The van der Waals surface area contributed by atoms with Crippen LogP contribution in [0.25, 0.3) is 0 Å². The Morgan fingerprint density at radius 1 is 1.00 bits per heavy atom. The van der Waals surface area contributed by atoms with Crippen LogP contribution in [0.15, 0.2) is 0 Å². The summed E-state index contributed by atoms with van der Waals surface area (Å²) in [4.78, 5) is 11.1. The maximum Gasteiger partial charge on any atom is 0.303 e. The Bertz CT molecular complexity index is 649. The Balaban J connectivity index is 1.61. The number of aliphatic hydroxyl groups is 2. The Hall–Kier alpha value is -0.610. The summed E-state index contributed by atoms with van der Waals surface area (Å²) in [6.07, 6.45) is 9.27. The highest BCUT2D eigenvalue weighted by molar-refractivity contribution is 5.66. The van der Waals surface area contributed by atoms with Gasteiger partial charge < -0.3 is 15.3 Å². The molecule has 4 unspecified atom stereocenters. The van der Waals surface area contributed by atoms with Crippen LogP contribution in [-0.4, -0.2) is 33.5 Å². The molecule has 4 heteroatoms. The molecule has 4 aliphatic carbocycles. The molecule has 4 rings (SSSR count). The SMILES string of the molecule is CC[C@H]1[C@@H](O)C2C3CC[C@H]([C@H](C)CCC(=O)O)[C@@]3(C)CCC2[C@@]2(C)CCC(O)C[C@@H]12. The van der Waals surface area contributed by atoms with Crippen molar-refractivity contribution in [2.45, 2.75) is 104 Å². The summed E-state index contributed by atoms with van der Waals surface area (Å²) < 4.78 is 0. The molecule has 4 nitrogen and oxygen atoms in total. The maximum atomic E-state index is 11.7. The molecular weight excluding hydrogens is 376 g/mol. The quantitative estimate of drug-likeness (QED) is 0.577. The molecule has 4 aliphatic rings. The van der Waals surface area contributed by atoms with Crippen LogP contribution < -0.4 is 0 Å². The minimum Gasteiger partial charge on any atom is -0.481 e. The van der Waals surface area contributed by atoms with E-state index in [1.807, 2.05) is 0 Å². The molecule has 0 aliphatic heterocycles. The molecule has 0 amide bonds. The van der Waals surface area contributed by atoms with Crippen LogP contribution in [0.3, 0.4) is 0 Å². The van der Waals surface area contributed by atoms with Gasteiger partial charge in [-0.2, -0.15) is 0 Å². The van der Waals surface area contributed by atoms with Crippen molar-refractivity contribution in [1.29, 1.82) is 0 Å². The number of hydrogen-bond donors (Lipinski definition) is 3. The first-order chi connectivity index (χ1) is 14.1. The zero-order valence-corrected chi connectivity index (χ0v) is 19.5. The zero-order valence-electron chi connectivity index (χ0n) is 19.5. The van der Waals surface area contributed by atoms with Crippen molar-refractivity contribution < 1.29 is 20.1 Å². The number of fused-ring (bicyclic) bond motifs is 5. The van der Waals surface area contributed by atoms with E-state index in [0.717, 1.165) is 32.1 Å². The van der Waals surface area contributed by atoms with Gasteiger partial charge in [0.15, 0.2) is 0 Å². The van der Waals surface area contributed by atoms with Gasteiger partial charge >= 0.3 is 5.97 Å². The van der Waals surface area contributed by atoms with E-state index < -0.39 is 5.97 Å². The van der Waals surface area contributed by atoms with Gasteiger partial charge in [-0.1, -0.05) is 34.1 Å². The van der Waals surface area contributed by atoms with Crippen molar-refractivity contribution >= 4 is 5.97 Å². The molecule has 0 bridgehead atoms. The molecule has 0 aromatic heterocycles. The molecule has 11 atom stereocenters. The molecule has 0 heterocycles. The van der Waals surface area contributed by atoms with Gasteiger partial charge in [-0.25, -0.2) is 0 Å². The Labute approximate surface area is 182 Å². The van der Waals surface area contributed by atoms with Gasteiger partial charge in [0.1, 0.15) is 0 Å². The summed E-state index contributed by atoms with van der Waals surface area (Å²) in [5, 5.41) is 31.3. The van der Waals surface area contributed by atoms with Crippen LogP contribution in [0.1, 0.15) is 91.9 Å². The first kappa shape index (κ1) is 22.6. The predicted octanol–water partition coefficient (Wildman–Crippen LogP) is 5.11. The summed E-state index contributed by atoms with van der Waals surface area (Å²) in [6.45, 7) is 9.44. The number of carbonyl (C=O) groups is 1. The van der Waals surface area contributed by atoms with E-state index >= 15 is 0 Å². The Kier molecular flexibility index (Phi) is 6.07. The molecule has 172 valence electrons. The normalized spacial score (nSPS) is 51.5. The van der Waals surface area contributed by atoms with Crippen molar-refractivity contribution in [3.05, 3.63) is 0 Å². The van der Waals surface area contributed by atoms with Gasteiger partial charge in [0.25, 0.3) is 0 Å². The highest BCUT2D eigenvalue weighted by atomic mass is 16.4. The average molecular weight is 421 g/mol. The minimum atomic E-state index is -0.683. The molecule has 0 saturated heterocycles. The predicted molar refractivity (Wildman–Crippen MR) is 118 cm³/mol. The summed E-state index contributed by atoms with van der Waals surface area (Å²) in [6, 6.07) is 0. The van der Waals surface area contributed by atoms with Crippen molar-refractivity contribution in [3.8, 4) is 0 Å². The molecule has 0 spiro atoms. The monoisotopic (exact) mass is 420 g/mol. The number of aliphatic carboxylic acids is 1. The van der Waals surface area contributed by atoms with Gasteiger partial charge in [0.05, 0.1) is 12.2 Å². The van der Waals surface area contributed by atoms with Crippen molar-refractivity contribution in [1.82, 2.24) is 0 Å². The van der Waals surface area contributed by atoms with Gasteiger partial charge in [0, 0.05) is 6.42 Å². The highest BCUT2D eigenvalue weighted by Crippen LogP contribution is 2.69. The van der Waals surface area contributed by atoms with Crippen LogP contribution in [0.5, 0.6) is 0 Å². The van der Waals surface area contributed by atoms with Crippen LogP contribution in [0.4, 0.5) is 0 Å². The van der Waals surface area contributed by atoms with Gasteiger partial charge in [0.2, 0.25) is 0 Å². The van der Waals surface area contributed by atoms with E-state index in [9.17, 15) is 15.0 Å². The average Bonchev–Trinajstić information content (AvgIpc) is 3.05. The second-order valence-corrected chi connectivity index (χ2v) is 12.0. The van der Waals surface area contributed by atoms with Crippen molar-refractivity contribution in [3.63, 3.8) is 0 Å². The molecule has 30 heavy (non-hydrogen) atoms. The van der Waals surface area contributed by atoms with Crippen LogP contribution >= 0.6 is 0 Å². The van der Waals surface area contributed by atoms with Crippen molar-refractivity contribution in [2.24, 2.45) is 52.3 Å². The molecular formula is C26H44O4. The topological polar surface area (TPSA) is 77.8 Å². The standard InChI is InChI=1S/C26H44O4/c1-5-17-21-14-16(27)10-12-26(21,4)20-11-13-25(3)18(15(2)6-9-22(28)29)7-8-19(25)23(20)24(17)30/h15-21,23-24,27,30H,5-14H2,1-4H3,(H,28,29)/t15-,16?,17-,18-,19?,20?,21+,23?,24-,25-,26-/m1/s1. The molecule has 0 aromatic rings. The smallest absolute Gasteiger partial charge is 0.303 e. The summed E-state index contributed by atoms with van der Waals surface area (Å²) >= 11 is 0. The third kappa shape index (κ3) is 3.36. The van der Waals surface area contributed by atoms with Gasteiger partial charge in [-0.3, -0.25) is 4.79 Å². The van der Waals surface area contributed by atoms with E-state index in [1.54, 1.807) is 0 Å². The fourth-order valence-electron chi connectivity index (χ4n) is 9.48. The van der Waals surface area contributed by atoms with Crippen LogP contribution in [0.2, 0.25) is 0 Å². The zero-order chi connectivity index (χ0) is 21.8. The second kappa shape index (κ2) is 8.06. The summed E-state index contributed by atoms with van der Waals surface area (Å²) in [5.41, 5.74) is 0.480. The number of rotatable bonds is 5. The van der Waals surface area contributed by atoms with Gasteiger partial charge in [-0.15, -0.1) is 0 Å². The number of aliphatic hydroxyl groups excluding tert-OH is 2. The number of carboxylic acid groups (broad SMARTS) is 1. The lowest BCUT2D eigenvalue weighted by molar-refractivity contribution is -0.203. The lowest BCUT2D eigenvalue weighted by Gasteiger charge is -2.64. The van der Waals surface area contributed by atoms with E-state index in [1.165, 1.54) is 25.7 Å². The lowest BCUT2D eigenvalue weighted by Crippen LogP contribution is -2.62. The Morgan fingerprint density at radius 2 is 1.67 bits per heavy atom. The largest absolute Gasteiger partial charge is 0.481 e. The van der Waals surface area contributed by atoms with Crippen LogP contribution in [0, 0.1) is 52.3 Å². The fraction of sp³-hybridized carbons (Fsp3) is 0.962. The highest BCUT2D eigenvalue weighted by Gasteiger charge is 2.64. The van der Waals surface area contributed by atoms with E-state index in [2.05, 4.69) is 27.7 Å². The number of hydrogen-bond acceptors (Lipinski definition) is 3. The summed E-state index contributed by atoms with van der Waals surface area (Å²) in [7, 11) is 0. The van der Waals surface area contributed by atoms with E-state index in [-0.39, 0.29) is 29.5 Å². The molecule has 4 fully saturated rings. The first-order valence-corrected chi connectivity index (χ1v) is 12.7. The fourth-order valence-corrected chi connectivity index (χ4v) is 9.48. The van der Waals surface area contributed by atoms with E-state index in [4.69, 9.17) is 5.11 Å². The molecule has 0 radical (unpaired) electrons. The summed E-state index contributed by atoms with van der Waals surface area (Å²) in [5.74, 6) is 2.58. The minimum absolute atomic E-state index is 0.194. The molecule has 0 aromatic carbocycles. The third-order valence-corrected chi connectivity index (χ3v) is 11.0. The molecule has 3 N–H and O–H groups in total. The lowest BCUT2D eigenvalue weighted by atomic mass is 9.41. The Morgan fingerprint density at radius 3 is 2.33 bits per heavy atom. The number of carboxylic acids is 1. The van der Waals surface area contributed by atoms with Crippen molar-refractivity contribution in [2.75, 3.05) is 0 Å². The van der Waals surface area contributed by atoms with Crippen LogP contribution in [-0.2, 0) is 4.79 Å². The second-order valence-electron chi connectivity index (χ2n) is 12.0. The third-order valence-electron chi connectivity index (χ3n) is 11.0. The van der Waals surface area contributed by atoms with Gasteiger partial charge in [-0.05, 0) is 104 Å². The first-order valence-electron chi connectivity index (χ1n) is 12.7.